The van der Waals surface area contributed by atoms with Crippen LogP contribution in [0.15, 0.2) is 70.9 Å². The van der Waals surface area contributed by atoms with Crippen molar-refractivity contribution in [3.05, 3.63) is 77.0 Å². The van der Waals surface area contributed by atoms with Gasteiger partial charge < -0.3 is 9.64 Å². The summed E-state index contributed by atoms with van der Waals surface area (Å²) >= 11 is 0. The van der Waals surface area contributed by atoms with E-state index in [4.69, 9.17) is 9.73 Å². The molecule has 0 bridgehead atoms. The smallest absolute Gasteiger partial charge is 0.315 e. The molecule has 1 aliphatic heterocycles. The molecule has 2 aromatic carbocycles. The average Bonchev–Trinajstić information content (AvgIpc) is 2.78. The number of methoxy groups -OCH3 is 1. The van der Waals surface area contributed by atoms with Crippen molar-refractivity contribution in [3.63, 3.8) is 0 Å². The Morgan fingerprint density at radius 3 is 2.29 bits per heavy atom. The van der Waals surface area contributed by atoms with E-state index in [1.807, 2.05) is 68.4 Å². The van der Waals surface area contributed by atoms with E-state index in [0.717, 1.165) is 22.5 Å². The van der Waals surface area contributed by atoms with Crippen molar-refractivity contribution >= 4 is 23.2 Å². The summed E-state index contributed by atoms with van der Waals surface area (Å²) in [5.41, 5.74) is 5.34. The van der Waals surface area contributed by atoms with E-state index in [9.17, 15) is 9.59 Å². The summed E-state index contributed by atoms with van der Waals surface area (Å²) in [6.07, 6.45) is 1.13. The summed E-state index contributed by atoms with van der Waals surface area (Å²) in [4.78, 5) is 33.0. The van der Waals surface area contributed by atoms with Gasteiger partial charge in [0.25, 0.3) is 0 Å². The minimum absolute atomic E-state index is 0.0712. The largest absolute Gasteiger partial charge is 0.468 e. The lowest BCUT2D eigenvalue weighted by atomic mass is 9.69. The number of benzene rings is 2. The second-order valence-electron chi connectivity index (χ2n) is 8.52. The van der Waals surface area contributed by atoms with Gasteiger partial charge in [-0.25, -0.2) is 0 Å². The molecule has 0 fully saturated rings. The minimum Gasteiger partial charge on any atom is -0.468 e. The van der Waals surface area contributed by atoms with Gasteiger partial charge in [-0.05, 0) is 42.5 Å². The van der Waals surface area contributed by atoms with Crippen LogP contribution in [-0.4, -0.2) is 38.7 Å². The number of rotatable bonds is 4. The number of esters is 1. The number of carbonyl (C=O) groups is 2. The number of ketones is 1. The Bertz CT molecular complexity index is 1050. The van der Waals surface area contributed by atoms with Crippen LogP contribution in [0, 0.1) is 5.92 Å². The predicted molar refractivity (Wildman–Crippen MR) is 123 cm³/mol. The van der Waals surface area contributed by atoms with Crippen molar-refractivity contribution in [3.8, 4) is 0 Å². The molecule has 0 saturated heterocycles. The molecule has 5 heteroatoms. The van der Waals surface area contributed by atoms with Crippen molar-refractivity contribution in [1.29, 1.82) is 0 Å². The molecule has 3 atom stereocenters. The maximum Gasteiger partial charge on any atom is 0.315 e. The molecule has 0 N–H and O–H groups in total. The van der Waals surface area contributed by atoms with E-state index < -0.39 is 5.92 Å². The van der Waals surface area contributed by atoms with E-state index in [-0.39, 0.29) is 23.6 Å². The maximum absolute atomic E-state index is 13.4. The van der Waals surface area contributed by atoms with E-state index >= 15 is 0 Å². The zero-order chi connectivity index (χ0) is 22.1. The molecule has 5 nitrogen and oxygen atoms in total. The lowest BCUT2D eigenvalue weighted by Crippen LogP contribution is -2.37. The van der Waals surface area contributed by atoms with Crippen LogP contribution in [0.3, 0.4) is 0 Å². The summed E-state index contributed by atoms with van der Waals surface area (Å²) in [5.74, 6) is -1.14. The van der Waals surface area contributed by atoms with Crippen LogP contribution < -0.4 is 4.90 Å². The van der Waals surface area contributed by atoms with Gasteiger partial charge in [-0.2, -0.15) is 0 Å². The Hall–Kier alpha value is -3.21. The highest BCUT2D eigenvalue weighted by molar-refractivity contribution is 6.09. The van der Waals surface area contributed by atoms with E-state index in [0.29, 0.717) is 24.1 Å². The molecular formula is C26H28N2O3. The maximum atomic E-state index is 13.4. The summed E-state index contributed by atoms with van der Waals surface area (Å²) < 4.78 is 5.12. The molecule has 2 aliphatic rings. The summed E-state index contributed by atoms with van der Waals surface area (Å²) in [6.45, 7) is 1.86. The number of aliphatic imine (C=N–C) groups is 1. The Balaban J connectivity index is 1.80. The number of carbonyl (C=O) groups excluding carboxylic acids is 2. The SMILES string of the molecule is COC(=O)C1C(C)=NC2=C(C(=O)C[C@H](c3ccccc3)C2)[C@H]1c1ccc(N(C)C)cc1. The number of nitrogens with zero attached hydrogens (tertiary/aromatic N) is 2. The number of hydrogen-bond acceptors (Lipinski definition) is 5. The van der Waals surface area contributed by atoms with Gasteiger partial charge in [0.05, 0.1) is 7.11 Å². The topological polar surface area (TPSA) is 59.0 Å². The molecule has 31 heavy (non-hydrogen) atoms. The molecule has 2 aromatic rings. The van der Waals surface area contributed by atoms with Crippen LogP contribution in [0.5, 0.6) is 0 Å². The fourth-order valence-corrected chi connectivity index (χ4v) is 4.79. The lowest BCUT2D eigenvalue weighted by molar-refractivity contribution is -0.143. The molecule has 160 valence electrons. The highest BCUT2D eigenvalue weighted by Crippen LogP contribution is 2.46. The average molecular weight is 417 g/mol. The van der Waals surface area contributed by atoms with E-state index in [1.165, 1.54) is 7.11 Å². The molecular weight excluding hydrogens is 388 g/mol. The van der Waals surface area contributed by atoms with E-state index in [2.05, 4.69) is 12.1 Å². The summed E-state index contributed by atoms with van der Waals surface area (Å²) in [5, 5.41) is 0. The fourth-order valence-electron chi connectivity index (χ4n) is 4.79. The van der Waals surface area contributed by atoms with Crippen LogP contribution in [0.25, 0.3) is 0 Å². The fraction of sp³-hybridized carbons (Fsp3) is 0.346. The number of Topliss-reactive ketones (excluding diaryl/α,β-unsaturated/α-hetero) is 1. The number of allylic oxidation sites excluding steroid dienone is 2. The van der Waals surface area contributed by atoms with Crippen LogP contribution in [0.4, 0.5) is 5.69 Å². The Labute approximate surface area is 183 Å². The number of anilines is 1. The normalized spacial score (nSPS) is 23.2. The van der Waals surface area contributed by atoms with Gasteiger partial charge in [-0.3, -0.25) is 14.6 Å². The van der Waals surface area contributed by atoms with Crippen LogP contribution in [0.2, 0.25) is 0 Å². The van der Waals surface area contributed by atoms with Crippen LogP contribution in [0.1, 0.15) is 42.7 Å². The molecule has 0 spiro atoms. The third-order valence-corrected chi connectivity index (χ3v) is 6.38. The molecule has 0 radical (unpaired) electrons. The van der Waals surface area contributed by atoms with Crippen LogP contribution >= 0.6 is 0 Å². The van der Waals surface area contributed by atoms with Gasteiger partial charge in [-0.1, -0.05) is 42.5 Å². The third-order valence-electron chi connectivity index (χ3n) is 6.38. The summed E-state index contributed by atoms with van der Waals surface area (Å²) in [7, 11) is 5.36. The summed E-state index contributed by atoms with van der Waals surface area (Å²) in [6, 6.07) is 18.2. The molecule has 0 saturated carbocycles. The van der Waals surface area contributed by atoms with Gasteiger partial charge >= 0.3 is 5.97 Å². The first kappa shape index (κ1) is 21.0. The van der Waals surface area contributed by atoms with E-state index in [1.54, 1.807) is 0 Å². The Morgan fingerprint density at radius 2 is 1.68 bits per heavy atom. The highest BCUT2D eigenvalue weighted by Gasteiger charge is 2.44. The molecule has 1 heterocycles. The zero-order valence-corrected chi connectivity index (χ0v) is 18.5. The van der Waals surface area contributed by atoms with Gasteiger partial charge in [0.2, 0.25) is 0 Å². The first-order valence-corrected chi connectivity index (χ1v) is 10.6. The first-order chi connectivity index (χ1) is 14.9. The Kier molecular flexibility index (Phi) is 5.77. The molecule has 1 unspecified atom stereocenters. The molecule has 1 aliphatic carbocycles. The molecule has 4 rings (SSSR count). The zero-order valence-electron chi connectivity index (χ0n) is 18.5. The van der Waals surface area contributed by atoms with Crippen molar-refractivity contribution in [2.45, 2.75) is 31.6 Å². The van der Waals surface area contributed by atoms with Gasteiger partial charge in [0.1, 0.15) is 5.92 Å². The van der Waals surface area contributed by atoms with Crippen molar-refractivity contribution in [2.24, 2.45) is 10.9 Å². The third kappa shape index (κ3) is 3.92. The highest BCUT2D eigenvalue weighted by atomic mass is 16.5. The van der Waals surface area contributed by atoms with Gasteiger partial charge in [0, 0.05) is 49.1 Å². The predicted octanol–water partition coefficient (Wildman–Crippen LogP) is 4.50. The monoisotopic (exact) mass is 416 g/mol. The second-order valence-corrected chi connectivity index (χ2v) is 8.52. The number of ether oxygens (including phenoxy) is 1. The minimum atomic E-state index is -0.591. The molecule has 0 amide bonds. The molecule has 0 aromatic heterocycles. The quantitative estimate of drug-likeness (QED) is 0.689. The van der Waals surface area contributed by atoms with Crippen molar-refractivity contribution < 1.29 is 14.3 Å². The Morgan fingerprint density at radius 1 is 1.00 bits per heavy atom. The second kappa shape index (κ2) is 8.50. The van der Waals surface area contributed by atoms with Gasteiger partial charge in [0.15, 0.2) is 5.78 Å². The van der Waals surface area contributed by atoms with Crippen molar-refractivity contribution in [1.82, 2.24) is 0 Å². The van der Waals surface area contributed by atoms with Gasteiger partial charge in [-0.15, -0.1) is 0 Å². The first-order valence-electron chi connectivity index (χ1n) is 10.6. The standard InChI is InChI=1S/C26H28N2O3/c1-16-23(26(30)31-4)24(18-10-12-20(13-11-18)28(2)3)25-21(27-16)14-19(15-22(25)29)17-8-6-5-7-9-17/h5-13,19,23-24H,14-15H2,1-4H3/t19-,23?,24+/m1/s1. The number of hydrogen-bond donors (Lipinski definition) is 0. The lowest BCUT2D eigenvalue weighted by Gasteiger charge is -2.36. The van der Waals surface area contributed by atoms with Crippen molar-refractivity contribution in [2.75, 3.05) is 26.1 Å². The van der Waals surface area contributed by atoms with Crippen LogP contribution in [-0.2, 0) is 14.3 Å².